The van der Waals surface area contributed by atoms with Gasteiger partial charge in [-0.2, -0.15) is 13.2 Å². The van der Waals surface area contributed by atoms with Gasteiger partial charge in [-0.3, -0.25) is 9.78 Å². The van der Waals surface area contributed by atoms with Gasteiger partial charge in [0.15, 0.2) is 0 Å². The number of carbonyl (C=O) groups excluding carboxylic acids is 1. The molecule has 1 aromatic heterocycles. The van der Waals surface area contributed by atoms with Crippen LogP contribution in [0.15, 0.2) is 36.5 Å². The molecule has 0 saturated carbocycles. The molecule has 1 amide bonds. The van der Waals surface area contributed by atoms with Crippen molar-refractivity contribution in [2.45, 2.75) is 26.4 Å². The largest absolute Gasteiger partial charge is 0.417 e. The van der Waals surface area contributed by atoms with Crippen molar-refractivity contribution < 1.29 is 18.0 Å². The standard InChI is InChI=1S/C17H17F3N2O/c1-11-5-3-4-6-14(11)16(23)21-8-7-15-12(2)9-13(10-22-15)17(18,19)20/h3-6,9-10H,7-8H2,1-2H3,(H,21,23). The number of hydrogen-bond donors (Lipinski definition) is 1. The van der Waals surface area contributed by atoms with Crippen LogP contribution in [0.5, 0.6) is 0 Å². The van der Waals surface area contributed by atoms with Crippen LogP contribution in [-0.4, -0.2) is 17.4 Å². The number of benzene rings is 1. The Labute approximate surface area is 132 Å². The Morgan fingerprint density at radius 2 is 1.87 bits per heavy atom. The molecule has 0 saturated heterocycles. The number of rotatable bonds is 4. The molecule has 122 valence electrons. The molecule has 1 N–H and O–H groups in total. The molecule has 2 rings (SSSR count). The molecule has 0 fully saturated rings. The van der Waals surface area contributed by atoms with E-state index in [2.05, 4.69) is 10.3 Å². The maximum atomic E-state index is 12.6. The Balaban J connectivity index is 1.97. The molecule has 0 spiro atoms. The van der Waals surface area contributed by atoms with Gasteiger partial charge >= 0.3 is 6.18 Å². The Bertz CT molecular complexity index is 711. The van der Waals surface area contributed by atoms with E-state index in [0.29, 0.717) is 29.8 Å². The van der Waals surface area contributed by atoms with Crippen LogP contribution in [0.2, 0.25) is 0 Å². The monoisotopic (exact) mass is 322 g/mol. The Morgan fingerprint density at radius 1 is 1.17 bits per heavy atom. The molecule has 1 heterocycles. The van der Waals surface area contributed by atoms with E-state index in [4.69, 9.17) is 0 Å². The van der Waals surface area contributed by atoms with Crippen molar-refractivity contribution in [3.8, 4) is 0 Å². The zero-order chi connectivity index (χ0) is 17.0. The highest BCUT2D eigenvalue weighted by Gasteiger charge is 2.31. The normalized spacial score (nSPS) is 11.3. The molecule has 2 aromatic rings. The maximum absolute atomic E-state index is 12.6. The molecule has 1 aromatic carbocycles. The summed E-state index contributed by atoms with van der Waals surface area (Å²) in [5.41, 5.74) is 1.70. The lowest BCUT2D eigenvalue weighted by atomic mass is 10.1. The number of nitrogens with one attached hydrogen (secondary N) is 1. The molecular formula is C17H17F3N2O. The van der Waals surface area contributed by atoms with Gasteiger partial charge in [-0.15, -0.1) is 0 Å². The summed E-state index contributed by atoms with van der Waals surface area (Å²) >= 11 is 0. The predicted octanol–water partition coefficient (Wildman–Crippen LogP) is 3.69. The van der Waals surface area contributed by atoms with Crippen molar-refractivity contribution in [1.29, 1.82) is 0 Å². The van der Waals surface area contributed by atoms with Gasteiger partial charge in [-0.1, -0.05) is 18.2 Å². The van der Waals surface area contributed by atoms with E-state index in [1.54, 1.807) is 19.1 Å². The number of halogens is 3. The highest BCUT2D eigenvalue weighted by Crippen LogP contribution is 2.29. The van der Waals surface area contributed by atoms with Crippen molar-refractivity contribution in [1.82, 2.24) is 10.3 Å². The summed E-state index contributed by atoms with van der Waals surface area (Å²) in [5.74, 6) is -0.201. The van der Waals surface area contributed by atoms with E-state index in [1.165, 1.54) is 0 Å². The molecule has 0 bridgehead atoms. The summed E-state index contributed by atoms with van der Waals surface area (Å²) < 4.78 is 37.8. The smallest absolute Gasteiger partial charge is 0.352 e. The fourth-order valence-corrected chi connectivity index (χ4v) is 2.24. The van der Waals surface area contributed by atoms with E-state index < -0.39 is 11.7 Å². The van der Waals surface area contributed by atoms with Crippen LogP contribution < -0.4 is 5.32 Å². The van der Waals surface area contributed by atoms with Crippen molar-refractivity contribution >= 4 is 5.91 Å². The van der Waals surface area contributed by atoms with Crippen LogP contribution in [0.1, 0.15) is 32.7 Å². The van der Waals surface area contributed by atoms with Crippen LogP contribution in [0.3, 0.4) is 0 Å². The number of aromatic nitrogens is 1. The van der Waals surface area contributed by atoms with E-state index >= 15 is 0 Å². The summed E-state index contributed by atoms with van der Waals surface area (Å²) in [4.78, 5) is 15.9. The van der Waals surface area contributed by atoms with Crippen LogP contribution in [0.4, 0.5) is 13.2 Å². The number of carbonyl (C=O) groups is 1. The SMILES string of the molecule is Cc1ccccc1C(=O)NCCc1ncc(C(F)(F)F)cc1C. The van der Waals surface area contributed by atoms with Crippen molar-refractivity contribution in [2.75, 3.05) is 6.54 Å². The second kappa shape index (κ2) is 6.81. The minimum Gasteiger partial charge on any atom is -0.352 e. The molecule has 0 radical (unpaired) electrons. The molecular weight excluding hydrogens is 305 g/mol. The first-order chi connectivity index (χ1) is 10.8. The maximum Gasteiger partial charge on any atom is 0.417 e. The first-order valence-corrected chi connectivity index (χ1v) is 7.15. The lowest BCUT2D eigenvalue weighted by Gasteiger charge is -2.11. The minimum atomic E-state index is -4.39. The average molecular weight is 322 g/mol. The third-order valence-electron chi connectivity index (χ3n) is 3.55. The quantitative estimate of drug-likeness (QED) is 0.933. The molecule has 3 nitrogen and oxygen atoms in total. The Morgan fingerprint density at radius 3 is 2.48 bits per heavy atom. The highest BCUT2D eigenvalue weighted by molar-refractivity contribution is 5.95. The zero-order valence-electron chi connectivity index (χ0n) is 12.9. The summed E-state index contributed by atoms with van der Waals surface area (Å²) in [5, 5.41) is 2.76. The van der Waals surface area contributed by atoms with Gasteiger partial charge in [0, 0.05) is 30.4 Å². The summed E-state index contributed by atoms with van der Waals surface area (Å²) in [7, 11) is 0. The second-order valence-corrected chi connectivity index (χ2v) is 5.31. The fraction of sp³-hybridized carbons (Fsp3) is 0.294. The number of aryl methyl sites for hydroxylation is 2. The van der Waals surface area contributed by atoms with Crippen molar-refractivity contribution in [3.05, 3.63) is 64.5 Å². The molecule has 23 heavy (non-hydrogen) atoms. The van der Waals surface area contributed by atoms with Crippen LogP contribution >= 0.6 is 0 Å². The van der Waals surface area contributed by atoms with Gasteiger partial charge in [0.1, 0.15) is 0 Å². The lowest BCUT2D eigenvalue weighted by molar-refractivity contribution is -0.137. The number of alkyl halides is 3. The van der Waals surface area contributed by atoms with Crippen LogP contribution in [0.25, 0.3) is 0 Å². The predicted molar refractivity (Wildman–Crippen MR) is 81.2 cm³/mol. The van der Waals surface area contributed by atoms with E-state index in [1.807, 2.05) is 19.1 Å². The van der Waals surface area contributed by atoms with E-state index in [9.17, 15) is 18.0 Å². The fourth-order valence-electron chi connectivity index (χ4n) is 2.24. The lowest BCUT2D eigenvalue weighted by Crippen LogP contribution is -2.26. The van der Waals surface area contributed by atoms with Crippen LogP contribution in [0, 0.1) is 13.8 Å². The number of amides is 1. The van der Waals surface area contributed by atoms with Gasteiger partial charge in [0.25, 0.3) is 5.91 Å². The second-order valence-electron chi connectivity index (χ2n) is 5.31. The molecule has 0 aliphatic heterocycles. The van der Waals surface area contributed by atoms with Gasteiger partial charge in [-0.05, 0) is 37.1 Å². The van der Waals surface area contributed by atoms with Gasteiger partial charge in [0.2, 0.25) is 0 Å². The first-order valence-electron chi connectivity index (χ1n) is 7.15. The van der Waals surface area contributed by atoms with Crippen molar-refractivity contribution in [3.63, 3.8) is 0 Å². The van der Waals surface area contributed by atoms with E-state index in [-0.39, 0.29) is 5.91 Å². The van der Waals surface area contributed by atoms with Gasteiger partial charge < -0.3 is 5.32 Å². The molecule has 6 heteroatoms. The molecule has 0 aliphatic rings. The average Bonchev–Trinajstić information content (AvgIpc) is 2.48. The Kier molecular flexibility index (Phi) is 5.03. The zero-order valence-corrected chi connectivity index (χ0v) is 12.9. The topological polar surface area (TPSA) is 42.0 Å². The minimum absolute atomic E-state index is 0.201. The van der Waals surface area contributed by atoms with Gasteiger partial charge in [0.05, 0.1) is 5.56 Å². The van der Waals surface area contributed by atoms with Gasteiger partial charge in [-0.25, -0.2) is 0 Å². The van der Waals surface area contributed by atoms with Crippen LogP contribution in [-0.2, 0) is 12.6 Å². The summed E-state index contributed by atoms with van der Waals surface area (Å²) in [6.07, 6.45) is -3.19. The first kappa shape index (κ1) is 17.0. The van der Waals surface area contributed by atoms with E-state index in [0.717, 1.165) is 17.8 Å². The Hall–Kier alpha value is -2.37. The number of nitrogens with zero attached hydrogens (tertiary/aromatic N) is 1. The third-order valence-corrected chi connectivity index (χ3v) is 3.55. The molecule has 0 unspecified atom stereocenters. The third kappa shape index (κ3) is 4.31. The van der Waals surface area contributed by atoms with Crippen molar-refractivity contribution in [2.24, 2.45) is 0 Å². The number of hydrogen-bond acceptors (Lipinski definition) is 2. The highest BCUT2D eigenvalue weighted by atomic mass is 19.4. The molecule has 0 atom stereocenters. The summed E-state index contributed by atoms with van der Waals surface area (Å²) in [6.45, 7) is 3.74. The molecule has 0 aliphatic carbocycles. The summed E-state index contributed by atoms with van der Waals surface area (Å²) in [6, 6.07) is 8.28. The number of pyridine rings is 1.